The van der Waals surface area contributed by atoms with Crippen LogP contribution >= 0.6 is 0 Å². The maximum atomic E-state index is 12.3. The summed E-state index contributed by atoms with van der Waals surface area (Å²) in [6.45, 7) is 8.23. The lowest BCUT2D eigenvalue weighted by atomic mass is 9.87. The number of benzene rings is 2. The van der Waals surface area contributed by atoms with Crippen LogP contribution in [-0.2, 0) is 5.41 Å². The van der Waals surface area contributed by atoms with E-state index in [1.165, 1.54) is 12.1 Å². The number of hydrogen-bond acceptors (Lipinski definition) is 7. The van der Waals surface area contributed by atoms with E-state index in [0.29, 0.717) is 16.7 Å². The first-order chi connectivity index (χ1) is 15.6. The van der Waals surface area contributed by atoms with Gasteiger partial charge < -0.3 is 15.2 Å². The maximum absolute atomic E-state index is 12.3. The Balaban J connectivity index is 1.53. The molecule has 3 rings (SSSR count). The third-order valence-electron chi connectivity index (χ3n) is 5.07. The van der Waals surface area contributed by atoms with Crippen LogP contribution in [0.3, 0.4) is 0 Å². The standard InChI is InChI=1S/C23H25N5O5/c1-14-17(6-5-7-18(14)28(31)32)19-26-22(33-27-19)21(30)25-13-12-24-20(29)15-8-10-16(11-9-15)23(2,3)4/h5-11H,12-13H2,1-4H3,(H,24,29)(H,25,30). The summed E-state index contributed by atoms with van der Waals surface area (Å²) in [5, 5.41) is 20.2. The van der Waals surface area contributed by atoms with Gasteiger partial charge in [-0.2, -0.15) is 4.98 Å². The molecule has 0 bridgehead atoms. The number of amides is 2. The van der Waals surface area contributed by atoms with Gasteiger partial charge in [0.05, 0.1) is 4.92 Å². The normalized spacial score (nSPS) is 11.2. The van der Waals surface area contributed by atoms with Crippen LogP contribution in [0, 0.1) is 17.0 Å². The summed E-state index contributed by atoms with van der Waals surface area (Å²) >= 11 is 0. The molecule has 33 heavy (non-hydrogen) atoms. The minimum Gasteiger partial charge on any atom is -0.350 e. The van der Waals surface area contributed by atoms with Gasteiger partial charge >= 0.3 is 11.8 Å². The van der Waals surface area contributed by atoms with Crippen LogP contribution in [0.4, 0.5) is 5.69 Å². The highest BCUT2D eigenvalue weighted by Gasteiger charge is 2.21. The summed E-state index contributed by atoms with van der Waals surface area (Å²) in [5.74, 6) is -1.06. The molecule has 0 fully saturated rings. The highest BCUT2D eigenvalue weighted by molar-refractivity contribution is 5.94. The number of nitro benzene ring substituents is 1. The Hall–Kier alpha value is -4.08. The van der Waals surface area contributed by atoms with Gasteiger partial charge in [-0.05, 0) is 30.0 Å². The topological polar surface area (TPSA) is 140 Å². The minimum atomic E-state index is -0.611. The molecule has 2 N–H and O–H groups in total. The summed E-state index contributed by atoms with van der Waals surface area (Å²) < 4.78 is 4.99. The number of nitrogens with one attached hydrogen (secondary N) is 2. The van der Waals surface area contributed by atoms with E-state index in [1.807, 2.05) is 12.1 Å². The molecule has 0 unspecified atom stereocenters. The summed E-state index contributed by atoms with van der Waals surface area (Å²) in [5.41, 5.74) is 2.35. The zero-order valence-electron chi connectivity index (χ0n) is 18.8. The van der Waals surface area contributed by atoms with E-state index < -0.39 is 10.8 Å². The molecule has 172 valence electrons. The van der Waals surface area contributed by atoms with Crippen molar-refractivity contribution in [3.63, 3.8) is 0 Å². The van der Waals surface area contributed by atoms with Crippen LogP contribution in [-0.4, -0.2) is 40.0 Å². The molecule has 0 aliphatic rings. The maximum Gasteiger partial charge on any atom is 0.316 e. The van der Waals surface area contributed by atoms with E-state index in [4.69, 9.17) is 4.52 Å². The number of carbonyl (C=O) groups excluding carboxylic acids is 2. The highest BCUT2D eigenvalue weighted by atomic mass is 16.6. The zero-order valence-corrected chi connectivity index (χ0v) is 18.8. The molecule has 0 saturated carbocycles. The molecule has 1 aromatic heterocycles. The summed E-state index contributed by atoms with van der Waals surface area (Å²) in [6.07, 6.45) is 0. The van der Waals surface area contributed by atoms with Crippen LogP contribution < -0.4 is 10.6 Å². The van der Waals surface area contributed by atoms with Crippen LogP contribution in [0.25, 0.3) is 11.4 Å². The van der Waals surface area contributed by atoms with Crippen molar-refractivity contribution < 1.29 is 19.0 Å². The molecule has 10 nitrogen and oxygen atoms in total. The quantitative estimate of drug-likeness (QED) is 0.319. The fourth-order valence-electron chi connectivity index (χ4n) is 3.14. The van der Waals surface area contributed by atoms with E-state index in [1.54, 1.807) is 25.1 Å². The first kappa shape index (κ1) is 23.6. The lowest BCUT2D eigenvalue weighted by Gasteiger charge is -2.19. The molecule has 0 saturated heterocycles. The molecule has 10 heteroatoms. The van der Waals surface area contributed by atoms with Gasteiger partial charge in [0, 0.05) is 35.8 Å². The van der Waals surface area contributed by atoms with Gasteiger partial charge in [-0.3, -0.25) is 19.7 Å². The molecular weight excluding hydrogens is 426 g/mol. The van der Waals surface area contributed by atoms with Gasteiger partial charge in [-0.25, -0.2) is 0 Å². The predicted molar refractivity (Wildman–Crippen MR) is 121 cm³/mol. The van der Waals surface area contributed by atoms with Crippen molar-refractivity contribution >= 4 is 17.5 Å². The van der Waals surface area contributed by atoms with Gasteiger partial charge in [0.2, 0.25) is 5.82 Å². The fourth-order valence-corrected chi connectivity index (χ4v) is 3.14. The predicted octanol–water partition coefficient (Wildman–Crippen LogP) is 3.41. The SMILES string of the molecule is Cc1c(-c2noc(C(=O)NCCNC(=O)c3ccc(C(C)(C)C)cc3)n2)cccc1[N+](=O)[O-]. The van der Waals surface area contributed by atoms with Crippen molar-refractivity contribution in [2.24, 2.45) is 0 Å². The molecular formula is C23H25N5O5. The molecule has 3 aromatic rings. The van der Waals surface area contributed by atoms with E-state index >= 15 is 0 Å². The molecule has 0 atom stereocenters. The summed E-state index contributed by atoms with van der Waals surface area (Å²) in [6, 6.07) is 11.9. The first-order valence-electron chi connectivity index (χ1n) is 10.3. The smallest absolute Gasteiger partial charge is 0.316 e. The lowest BCUT2D eigenvalue weighted by Crippen LogP contribution is -2.34. The average molecular weight is 451 g/mol. The fraction of sp³-hybridized carbons (Fsp3) is 0.304. The number of nitro groups is 1. The molecule has 2 aromatic carbocycles. The van der Waals surface area contributed by atoms with Gasteiger partial charge in [0.25, 0.3) is 11.6 Å². The Kier molecular flexibility index (Phi) is 6.86. The Morgan fingerprint density at radius 3 is 2.27 bits per heavy atom. The molecule has 0 spiro atoms. The second kappa shape index (κ2) is 9.60. The summed E-state index contributed by atoms with van der Waals surface area (Å²) in [4.78, 5) is 39.2. The number of hydrogen-bond donors (Lipinski definition) is 2. The van der Waals surface area contributed by atoms with Crippen molar-refractivity contribution in [1.29, 1.82) is 0 Å². The second-order valence-corrected chi connectivity index (χ2v) is 8.47. The van der Waals surface area contributed by atoms with Crippen molar-refractivity contribution in [3.8, 4) is 11.4 Å². The van der Waals surface area contributed by atoms with Crippen LogP contribution in [0.2, 0.25) is 0 Å². The molecule has 2 amide bonds. The Bertz CT molecular complexity index is 1180. The van der Waals surface area contributed by atoms with Gasteiger partial charge in [-0.15, -0.1) is 0 Å². The van der Waals surface area contributed by atoms with Crippen molar-refractivity contribution in [2.75, 3.05) is 13.1 Å². The number of aromatic nitrogens is 2. The highest BCUT2D eigenvalue weighted by Crippen LogP contribution is 2.27. The number of rotatable bonds is 7. The number of nitrogens with zero attached hydrogens (tertiary/aromatic N) is 3. The minimum absolute atomic E-state index is 0.00181. The summed E-state index contributed by atoms with van der Waals surface area (Å²) in [7, 11) is 0. The monoisotopic (exact) mass is 451 g/mol. The number of carbonyl (C=O) groups is 2. The first-order valence-corrected chi connectivity index (χ1v) is 10.3. The lowest BCUT2D eigenvalue weighted by molar-refractivity contribution is -0.385. The third-order valence-corrected chi connectivity index (χ3v) is 5.07. The molecule has 0 aliphatic carbocycles. The van der Waals surface area contributed by atoms with E-state index in [9.17, 15) is 19.7 Å². The van der Waals surface area contributed by atoms with Crippen LogP contribution in [0.15, 0.2) is 47.0 Å². The van der Waals surface area contributed by atoms with Crippen molar-refractivity contribution in [2.45, 2.75) is 33.1 Å². The second-order valence-electron chi connectivity index (χ2n) is 8.47. The van der Waals surface area contributed by atoms with Gasteiger partial charge in [0.15, 0.2) is 0 Å². The zero-order chi connectivity index (χ0) is 24.2. The average Bonchev–Trinajstić information content (AvgIpc) is 3.26. The third kappa shape index (κ3) is 5.59. The van der Waals surface area contributed by atoms with E-state index in [-0.39, 0.29) is 41.8 Å². The van der Waals surface area contributed by atoms with Crippen molar-refractivity contribution in [3.05, 3.63) is 75.2 Å². The van der Waals surface area contributed by atoms with Crippen LogP contribution in [0.5, 0.6) is 0 Å². The van der Waals surface area contributed by atoms with Crippen LogP contribution in [0.1, 0.15) is 52.9 Å². The Labute approximate surface area is 190 Å². The molecule has 1 heterocycles. The Morgan fingerprint density at radius 1 is 1.03 bits per heavy atom. The largest absolute Gasteiger partial charge is 0.350 e. The van der Waals surface area contributed by atoms with E-state index in [2.05, 4.69) is 41.5 Å². The molecule has 0 radical (unpaired) electrons. The molecule has 0 aliphatic heterocycles. The Morgan fingerprint density at radius 2 is 1.67 bits per heavy atom. The van der Waals surface area contributed by atoms with E-state index in [0.717, 1.165) is 5.56 Å². The van der Waals surface area contributed by atoms with Gasteiger partial charge in [-0.1, -0.05) is 50.2 Å². The van der Waals surface area contributed by atoms with Gasteiger partial charge in [0.1, 0.15) is 0 Å². The van der Waals surface area contributed by atoms with Crippen molar-refractivity contribution in [1.82, 2.24) is 20.8 Å².